The lowest BCUT2D eigenvalue weighted by atomic mass is 9.81. The molecule has 16 heavy (non-hydrogen) atoms. The maximum Gasteiger partial charge on any atom is 0.214 e. The molecule has 2 aliphatic rings. The summed E-state index contributed by atoms with van der Waals surface area (Å²) in [7, 11) is -3.00. The van der Waals surface area contributed by atoms with Crippen LogP contribution in [0.2, 0.25) is 0 Å². The molecule has 2 heterocycles. The summed E-state index contributed by atoms with van der Waals surface area (Å²) in [5, 5.41) is 3.33. The lowest BCUT2D eigenvalue weighted by Gasteiger charge is -2.53. The fraction of sp³-hybridized carbons (Fsp3) is 1.00. The molecule has 0 saturated carbocycles. The molecule has 1 N–H and O–H groups in total. The van der Waals surface area contributed by atoms with Gasteiger partial charge in [-0.3, -0.25) is 0 Å². The van der Waals surface area contributed by atoms with Gasteiger partial charge in [0.15, 0.2) is 0 Å². The van der Waals surface area contributed by atoms with Crippen molar-refractivity contribution in [2.24, 2.45) is 0 Å². The first-order valence-corrected chi connectivity index (χ1v) is 7.93. The van der Waals surface area contributed by atoms with Crippen LogP contribution in [0.1, 0.15) is 39.0 Å². The predicted octanol–water partition coefficient (Wildman–Crippen LogP) is 0.944. The van der Waals surface area contributed by atoms with Crippen LogP contribution < -0.4 is 5.32 Å². The maximum atomic E-state index is 12.1. The maximum absolute atomic E-state index is 12.1. The van der Waals surface area contributed by atoms with E-state index in [1.165, 1.54) is 0 Å². The van der Waals surface area contributed by atoms with Gasteiger partial charge in [0, 0.05) is 18.6 Å². The van der Waals surface area contributed by atoms with Crippen molar-refractivity contribution in [3.05, 3.63) is 0 Å². The molecule has 0 aromatic rings. The first-order valence-electron chi connectivity index (χ1n) is 6.32. The summed E-state index contributed by atoms with van der Waals surface area (Å²) in [5.41, 5.74) is -0.0647. The van der Waals surface area contributed by atoms with E-state index in [-0.39, 0.29) is 5.54 Å². The SMILES string of the molecule is CCCCS(=O)(=O)N1CC[C@@]12CCCNC2. The molecule has 2 rings (SSSR count). The highest BCUT2D eigenvalue weighted by Gasteiger charge is 2.50. The van der Waals surface area contributed by atoms with Gasteiger partial charge in [0.25, 0.3) is 0 Å². The number of hydrogen-bond donors (Lipinski definition) is 1. The summed E-state index contributed by atoms with van der Waals surface area (Å²) < 4.78 is 26.1. The molecule has 0 aliphatic carbocycles. The van der Waals surface area contributed by atoms with Crippen LogP contribution in [-0.2, 0) is 10.0 Å². The second-order valence-electron chi connectivity index (χ2n) is 5.00. The summed E-state index contributed by atoms with van der Waals surface area (Å²) >= 11 is 0. The summed E-state index contributed by atoms with van der Waals surface area (Å²) in [6, 6.07) is 0. The molecule has 0 aromatic heterocycles. The molecule has 94 valence electrons. The van der Waals surface area contributed by atoms with Gasteiger partial charge >= 0.3 is 0 Å². The van der Waals surface area contributed by atoms with Crippen LogP contribution in [0.4, 0.5) is 0 Å². The fourth-order valence-corrected chi connectivity index (χ4v) is 4.85. The third kappa shape index (κ3) is 2.13. The average Bonchev–Trinajstić information content (AvgIpc) is 2.25. The van der Waals surface area contributed by atoms with Crippen LogP contribution in [0.25, 0.3) is 0 Å². The van der Waals surface area contributed by atoms with Gasteiger partial charge in [-0.15, -0.1) is 0 Å². The Hall–Kier alpha value is -0.130. The van der Waals surface area contributed by atoms with Crippen molar-refractivity contribution in [2.75, 3.05) is 25.4 Å². The smallest absolute Gasteiger partial charge is 0.214 e. The fourth-order valence-electron chi connectivity index (χ4n) is 2.77. The zero-order valence-corrected chi connectivity index (χ0v) is 10.9. The van der Waals surface area contributed by atoms with Crippen molar-refractivity contribution in [3.8, 4) is 0 Å². The van der Waals surface area contributed by atoms with E-state index in [9.17, 15) is 8.42 Å². The van der Waals surface area contributed by atoms with E-state index in [2.05, 4.69) is 5.32 Å². The summed E-state index contributed by atoms with van der Waals surface area (Å²) in [4.78, 5) is 0. The number of nitrogens with zero attached hydrogens (tertiary/aromatic N) is 1. The van der Waals surface area contributed by atoms with Crippen molar-refractivity contribution >= 4 is 10.0 Å². The minimum absolute atomic E-state index is 0.0647. The van der Waals surface area contributed by atoms with E-state index in [0.29, 0.717) is 5.75 Å². The van der Waals surface area contributed by atoms with Crippen molar-refractivity contribution in [3.63, 3.8) is 0 Å². The van der Waals surface area contributed by atoms with Gasteiger partial charge in [0.2, 0.25) is 10.0 Å². The monoisotopic (exact) mass is 246 g/mol. The topological polar surface area (TPSA) is 49.4 Å². The van der Waals surface area contributed by atoms with Crippen molar-refractivity contribution in [1.82, 2.24) is 9.62 Å². The van der Waals surface area contributed by atoms with Gasteiger partial charge in [-0.25, -0.2) is 8.42 Å². The van der Waals surface area contributed by atoms with Crippen molar-refractivity contribution in [1.29, 1.82) is 0 Å². The molecule has 0 bridgehead atoms. The zero-order chi connectivity index (χ0) is 11.6. The molecule has 2 fully saturated rings. The van der Waals surface area contributed by atoms with E-state index in [1.807, 2.05) is 6.92 Å². The van der Waals surface area contributed by atoms with Crippen molar-refractivity contribution < 1.29 is 8.42 Å². The molecular weight excluding hydrogens is 224 g/mol. The van der Waals surface area contributed by atoms with Gasteiger partial charge < -0.3 is 5.32 Å². The number of hydrogen-bond acceptors (Lipinski definition) is 3. The lowest BCUT2D eigenvalue weighted by molar-refractivity contribution is 0.0455. The molecule has 2 aliphatic heterocycles. The second-order valence-corrected chi connectivity index (χ2v) is 7.01. The molecule has 5 heteroatoms. The summed E-state index contributed by atoms with van der Waals surface area (Å²) in [6.07, 6.45) is 4.89. The van der Waals surface area contributed by atoms with Crippen LogP contribution in [0.15, 0.2) is 0 Å². The standard InChI is InChI=1S/C11H22N2O2S/c1-2-3-9-16(14,15)13-8-6-11(13)5-4-7-12-10-11/h12H,2-10H2,1H3/t11-/m1/s1. The van der Waals surface area contributed by atoms with Crippen LogP contribution in [0.3, 0.4) is 0 Å². The van der Waals surface area contributed by atoms with Gasteiger partial charge in [0.1, 0.15) is 0 Å². The highest BCUT2D eigenvalue weighted by molar-refractivity contribution is 7.89. The minimum Gasteiger partial charge on any atom is -0.315 e. The minimum atomic E-state index is -3.00. The van der Waals surface area contributed by atoms with E-state index >= 15 is 0 Å². The van der Waals surface area contributed by atoms with Crippen molar-refractivity contribution in [2.45, 2.75) is 44.6 Å². The lowest BCUT2D eigenvalue weighted by Crippen LogP contribution is -2.68. The third-order valence-electron chi connectivity index (χ3n) is 3.85. The molecular formula is C11H22N2O2S. The van der Waals surface area contributed by atoms with Crippen LogP contribution >= 0.6 is 0 Å². The number of rotatable bonds is 4. The van der Waals surface area contributed by atoms with E-state index in [1.54, 1.807) is 4.31 Å². The Morgan fingerprint density at radius 2 is 2.19 bits per heavy atom. The van der Waals surface area contributed by atoms with Gasteiger partial charge in [0.05, 0.1) is 5.75 Å². The zero-order valence-electron chi connectivity index (χ0n) is 10.0. The quantitative estimate of drug-likeness (QED) is 0.803. The van der Waals surface area contributed by atoms with Crippen LogP contribution in [0, 0.1) is 0 Å². The molecule has 0 radical (unpaired) electrons. The molecule has 1 spiro atoms. The normalized spacial score (nSPS) is 31.6. The third-order valence-corrected chi connectivity index (χ3v) is 5.90. The van der Waals surface area contributed by atoms with E-state index < -0.39 is 10.0 Å². The Morgan fingerprint density at radius 3 is 2.69 bits per heavy atom. The molecule has 0 aromatic carbocycles. The number of nitrogens with one attached hydrogen (secondary N) is 1. The molecule has 0 amide bonds. The first kappa shape index (κ1) is 12.3. The molecule has 4 nitrogen and oxygen atoms in total. The van der Waals surface area contributed by atoms with Gasteiger partial charge in [-0.2, -0.15) is 4.31 Å². The molecule has 1 atom stereocenters. The highest BCUT2D eigenvalue weighted by atomic mass is 32.2. The predicted molar refractivity (Wildman–Crippen MR) is 64.9 cm³/mol. The molecule has 0 unspecified atom stereocenters. The van der Waals surface area contributed by atoms with Crippen LogP contribution in [-0.4, -0.2) is 43.6 Å². The second kappa shape index (κ2) is 4.63. The van der Waals surface area contributed by atoms with Crippen LogP contribution in [0.5, 0.6) is 0 Å². The van der Waals surface area contributed by atoms with E-state index in [0.717, 1.165) is 51.7 Å². The average molecular weight is 246 g/mol. The number of sulfonamides is 1. The first-order chi connectivity index (χ1) is 7.61. The highest BCUT2D eigenvalue weighted by Crippen LogP contribution is 2.38. The van der Waals surface area contributed by atoms with Gasteiger partial charge in [-0.1, -0.05) is 13.3 Å². The molecule has 2 saturated heterocycles. The largest absolute Gasteiger partial charge is 0.315 e. The Balaban J connectivity index is 2.04. The Bertz CT molecular complexity index is 334. The van der Waals surface area contributed by atoms with E-state index in [4.69, 9.17) is 0 Å². The summed E-state index contributed by atoms with van der Waals surface area (Å²) in [5.74, 6) is 0.325. The number of unbranched alkanes of at least 4 members (excludes halogenated alkanes) is 1. The summed E-state index contributed by atoms with van der Waals surface area (Å²) in [6.45, 7) is 4.64. The van der Waals surface area contributed by atoms with Gasteiger partial charge in [-0.05, 0) is 32.2 Å². The Labute approximate surface area is 98.4 Å². The Kier molecular flexibility index (Phi) is 3.56. The number of piperidine rings is 1. The Morgan fingerprint density at radius 1 is 1.38 bits per heavy atom.